The minimum atomic E-state index is 0.240. The van der Waals surface area contributed by atoms with Crippen molar-refractivity contribution in [2.45, 2.75) is 19.4 Å². The van der Waals surface area contributed by atoms with Gasteiger partial charge in [-0.2, -0.15) is 0 Å². The van der Waals surface area contributed by atoms with Gasteiger partial charge in [-0.25, -0.2) is 0 Å². The largest absolute Gasteiger partial charge is 0.397 e. The zero-order valence-corrected chi connectivity index (χ0v) is 12.2. The summed E-state index contributed by atoms with van der Waals surface area (Å²) < 4.78 is 0. The molecule has 0 fully saturated rings. The van der Waals surface area contributed by atoms with Gasteiger partial charge in [0.15, 0.2) is 0 Å². The van der Waals surface area contributed by atoms with Crippen LogP contribution in [0, 0.1) is 0 Å². The molecule has 2 nitrogen and oxygen atoms in total. The van der Waals surface area contributed by atoms with E-state index < -0.39 is 0 Å². The van der Waals surface area contributed by atoms with E-state index in [4.69, 9.17) is 28.9 Å². The average Bonchev–Trinajstić information content (AvgIpc) is 2.85. The van der Waals surface area contributed by atoms with Crippen LogP contribution < -0.4 is 11.1 Å². The fourth-order valence-corrected chi connectivity index (χ4v) is 2.94. The molecule has 18 heavy (non-hydrogen) atoms. The van der Waals surface area contributed by atoms with Crippen molar-refractivity contribution in [2.75, 3.05) is 11.1 Å². The minimum Gasteiger partial charge on any atom is -0.397 e. The molecule has 0 spiro atoms. The number of anilines is 2. The Bertz CT molecular complexity index is 526. The Morgan fingerprint density at radius 2 is 2.06 bits per heavy atom. The van der Waals surface area contributed by atoms with E-state index in [0.717, 1.165) is 12.1 Å². The number of rotatable bonds is 4. The summed E-state index contributed by atoms with van der Waals surface area (Å²) in [6, 6.07) is 7.84. The molecule has 5 heteroatoms. The number of hydrogen-bond donors (Lipinski definition) is 2. The maximum Gasteiger partial charge on any atom is 0.0614 e. The van der Waals surface area contributed by atoms with Gasteiger partial charge in [0.1, 0.15) is 0 Å². The molecule has 1 unspecified atom stereocenters. The number of nitrogen functional groups attached to an aromatic ring is 1. The Labute approximate surface area is 121 Å². The third-order valence-corrected chi connectivity index (χ3v) is 4.43. The van der Waals surface area contributed by atoms with Gasteiger partial charge < -0.3 is 11.1 Å². The van der Waals surface area contributed by atoms with Crippen molar-refractivity contribution >= 4 is 45.9 Å². The van der Waals surface area contributed by atoms with Gasteiger partial charge in [-0.1, -0.05) is 36.2 Å². The third kappa shape index (κ3) is 2.91. The summed E-state index contributed by atoms with van der Waals surface area (Å²) in [6.45, 7) is 2.13. The second-order valence-electron chi connectivity index (χ2n) is 3.97. The number of nitrogens with two attached hydrogens (primary N) is 1. The molecule has 0 bridgehead atoms. The quantitative estimate of drug-likeness (QED) is 0.762. The lowest BCUT2D eigenvalue weighted by Gasteiger charge is -2.18. The molecule has 1 atom stereocenters. The normalized spacial score (nSPS) is 12.4. The van der Waals surface area contributed by atoms with Gasteiger partial charge in [0.2, 0.25) is 0 Å². The van der Waals surface area contributed by atoms with E-state index in [-0.39, 0.29) is 6.04 Å². The summed E-state index contributed by atoms with van der Waals surface area (Å²) in [4.78, 5) is 1.28. The monoisotopic (exact) mass is 300 g/mol. The first kappa shape index (κ1) is 13.5. The highest BCUT2D eigenvalue weighted by atomic mass is 35.5. The molecule has 0 saturated heterocycles. The molecule has 0 aliphatic carbocycles. The molecule has 0 radical (unpaired) electrons. The molecule has 1 heterocycles. The van der Waals surface area contributed by atoms with Crippen LogP contribution in [0.5, 0.6) is 0 Å². The highest BCUT2D eigenvalue weighted by Crippen LogP contribution is 2.34. The Morgan fingerprint density at radius 3 is 2.67 bits per heavy atom. The van der Waals surface area contributed by atoms with Crippen molar-refractivity contribution in [2.24, 2.45) is 0 Å². The van der Waals surface area contributed by atoms with Crippen LogP contribution in [0.4, 0.5) is 11.4 Å². The predicted octanol–water partition coefficient (Wildman–Crippen LogP) is 5.20. The van der Waals surface area contributed by atoms with Gasteiger partial charge in [0, 0.05) is 4.88 Å². The molecular weight excluding hydrogens is 287 g/mol. The van der Waals surface area contributed by atoms with E-state index in [0.29, 0.717) is 15.7 Å². The van der Waals surface area contributed by atoms with Crippen LogP contribution in [-0.4, -0.2) is 0 Å². The van der Waals surface area contributed by atoms with Crippen LogP contribution in [0.1, 0.15) is 24.3 Å². The van der Waals surface area contributed by atoms with E-state index in [1.807, 2.05) is 6.07 Å². The molecular formula is C13H14Cl2N2S. The maximum absolute atomic E-state index is 6.01. The Morgan fingerprint density at radius 1 is 1.33 bits per heavy atom. The van der Waals surface area contributed by atoms with Crippen molar-refractivity contribution in [1.82, 2.24) is 0 Å². The van der Waals surface area contributed by atoms with E-state index >= 15 is 0 Å². The van der Waals surface area contributed by atoms with Crippen LogP contribution >= 0.6 is 34.5 Å². The Hall–Kier alpha value is -0.900. The van der Waals surface area contributed by atoms with Crippen LogP contribution in [0.15, 0.2) is 29.6 Å². The fourth-order valence-electron chi connectivity index (χ4n) is 1.74. The molecule has 0 saturated carbocycles. The van der Waals surface area contributed by atoms with Gasteiger partial charge in [-0.3, -0.25) is 0 Å². The van der Waals surface area contributed by atoms with Crippen molar-refractivity contribution in [1.29, 1.82) is 0 Å². The summed E-state index contributed by atoms with van der Waals surface area (Å²) in [7, 11) is 0. The molecule has 0 aliphatic rings. The number of hydrogen-bond acceptors (Lipinski definition) is 3. The summed E-state index contributed by atoms with van der Waals surface area (Å²) in [5, 5.41) is 6.46. The van der Waals surface area contributed by atoms with Crippen LogP contribution in [0.25, 0.3) is 0 Å². The van der Waals surface area contributed by atoms with Gasteiger partial charge in [0.25, 0.3) is 0 Å². The highest BCUT2D eigenvalue weighted by molar-refractivity contribution is 7.10. The number of benzene rings is 1. The lowest BCUT2D eigenvalue weighted by atomic mass is 10.1. The molecule has 1 aromatic heterocycles. The molecule has 0 aliphatic heterocycles. The lowest BCUT2D eigenvalue weighted by Crippen LogP contribution is -2.09. The van der Waals surface area contributed by atoms with E-state index in [1.54, 1.807) is 23.5 Å². The minimum absolute atomic E-state index is 0.240. The average molecular weight is 301 g/mol. The summed E-state index contributed by atoms with van der Waals surface area (Å²) in [5.74, 6) is 0. The molecule has 2 aromatic rings. The first-order valence-corrected chi connectivity index (χ1v) is 7.29. The van der Waals surface area contributed by atoms with Crippen LogP contribution in [0.2, 0.25) is 10.0 Å². The van der Waals surface area contributed by atoms with Crippen molar-refractivity contribution in [3.05, 3.63) is 44.6 Å². The topological polar surface area (TPSA) is 38.0 Å². The highest BCUT2D eigenvalue weighted by Gasteiger charge is 2.13. The van der Waals surface area contributed by atoms with Gasteiger partial charge in [-0.15, -0.1) is 11.3 Å². The van der Waals surface area contributed by atoms with Gasteiger partial charge in [0.05, 0.1) is 27.5 Å². The zero-order chi connectivity index (χ0) is 13.1. The molecule has 96 valence electrons. The first-order chi connectivity index (χ1) is 8.61. The van der Waals surface area contributed by atoms with Gasteiger partial charge in [-0.05, 0) is 30.0 Å². The lowest BCUT2D eigenvalue weighted by molar-refractivity contribution is 0.764. The van der Waals surface area contributed by atoms with Crippen molar-refractivity contribution in [3.8, 4) is 0 Å². The van der Waals surface area contributed by atoms with Crippen LogP contribution in [0.3, 0.4) is 0 Å². The Balaban J connectivity index is 2.25. The fraction of sp³-hybridized carbons (Fsp3) is 0.231. The van der Waals surface area contributed by atoms with E-state index in [2.05, 4.69) is 23.7 Å². The number of halogens is 2. The van der Waals surface area contributed by atoms with E-state index in [9.17, 15) is 0 Å². The molecule has 1 aromatic carbocycles. The Kier molecular flexibility index (Phi) is 4.38. The first-order valence-electron chi connectivity index (χ1n) is 5.66. The zero-order valence-electron chi connectivity index (χ0n) is 9.91. The molecule has 3 N–H and O–H groups in total. The molecule has 2 rings (SSSR count). The van der Waals surface area contributed by atoms with E-state index in [1.165, 1.54) is 4.88 Å². The summed E-state index contributed by atoms with van der Waals surface area (Å²) >= 11 is 13.7. The smallest absolute Gasteiger partial charge is 0.0614 e. The summed E-state index contributed by atoms with van der Waals surface area (Å²) in [5.41, 5.74) is 7.38. The number of nitrogens with one attached hydrogen (secondary N) is 1. The number of thiophene rings is 1. The van der Waals surface area contributed by atoms with Crippen molar-refractivity contribution in [3.63, 3.8) is 0 Å². The third-order valence-electron chi connectivity index (χ3n) is 2.72. The summed E-state index contributed by atoms with van der Waals surface area (Å²) in [6.07, 6.45) is 0.972. The predicted molar refractivity (Wildman–Crippen MR) is 81.8 cm³/mol. The second-order valence-corrected chi connectivity index (χ2v) is 5.77. The standard InChI is InChI=1S/C13H14Cl2N2S/c1-2-11(13-4-3-5-18-13)17-12-7-9(15)8(14)6-10(12)16/h3-7,11,17H,2,16H2,1H3. The van der Waals surface area contributed by atoms with Crippen LogP contribution in [-0.2, 0) is 0 Å². The molecule has 0 amide bonds. The van der Waals surface area contributed by atoms with Gasteiger partial charge >= 0.3 is 0 Å². The maximum atomic E-state index is 6.01. The van der Waals surface area contributed by atoms with Crippen molar-refractivity contribution < 1.29 is 0 Å². The SMILES string of the molecule is CCC(Nc1cc(Cl)c(Cl)cc1N)c1cccs1. The second kappa shape index (κ2) is 5.83.